The number of carboxylic acid groups (broad SMARTS) is 1. The van der Waals surface area contributed by atoms with Gasteiger partial charge in [0.25, 0.3) is 0 Å². The van der Waals surface area contributed by atoms with E-state index in [1.54, 1.807) is 24.5 Å². The van der Waals surface area contributed by atoms with Gasteiger partial charge in [0, 0.05) is 29.0 Å². The van der Waals surface area contributed by atoms with Crippen LogP contribution in [0.1, 0.15) is 5.56 Å². The van der Waals surface area contributed by atoms with Crippen molar-refractivity contribution in [3.63, 3.8) is 0 Å². The van der Waals surface area contributed by atoms with Crippen LogP contribution in [0.5, 0.6) is 0 Å². The molecule has 6 heteroatoms. The van der Waals surface area contributed by atoms with Crippen LogP contribution in [-0.2, 0) is 11.2 Å². The smallest absolute Gasteiger partial charge is 0.307 e. The van der Waals surface area contributed by atoms with Crippen LogP contribution in [0.25, 0.3) is 5.82 Å². The maximum atomic E-state index is 10.5. The van der Waals surface area contributed by atoms with E-state index in [1.807, 2.05) is 0 Å². The lowest BCUT2D eigenvalue weighted by Gasteiger charge is -1.99. The third-order valence-corrected chi connectivity index (χ3v) is 2.17. The fraction of sp³-hybridized carbons (Fsp3) is 0.100. The lowest BCUT2D eigenvalue weighted by molar-refractivity contribution is -0.136. The quantitative estimate of drug-likeness (QED) is 0.880. The molecule has 16 heavy (non-hydrogen) atoms. The Bertz CT molecular complexity index is 524. The number of halogens is 1. The Morgan fingerprint density at radius 3 is 3.06 bits per heavy atom. The number of hydrogen-bond acceptors (Lipinski definition) is 3. The zero-order chi connectivity index (χ0) is 11.5. The molecule has 0 aliphatic rings. The molecule has 2 aromatic heterocycles. The van der Waals surface area contributed by atoms with E-state index in [4.69, 9.17) is 16.7 Å². The predicted molar refractivity (Wildman–Crippen MR) is 57.7 cm³/mol. The predicted octanol–water partition coefficient (Wildman–Crippen LogP) is 1.55. The van der Waals surface area contributed by atoms with Crippen LogP contribution < -0.4 is 0 Å². The molecule has 0 amide bonds. The van der Waals surface area contributed by atoms with Crippen LogP contribution in [0.3, 0.4) is 0 Å². The van der Waals surface area contributed by atoms with Gasteiger partial charge in [-0.05, 0) is 6.07 Å². The molecule has 0 unspecified atom stereocenters. The summed E-state index contributed by atoms with van der Waals surface area (Å²) >= 11 is 5.81. The van der Waals surface area contributed by atoms with Crippen molar-refractivity contribution in [1.29, 1.82) is 0 Å². The lowest BCUT2D eigenvalue weighted by Crippen LogP contribution is -1.99. The largest absolute Gasteiger partial charge is 0.481 e. The van der Waals surface area contributed by atoms with Gasteiger partial charge in [0.1, 0.15) is 0 Å². The summed E-state index contributed by atoms with van der Waals surface area (Å²) in [5.74, 6) is -0.331. The molecule has 0 fully saturated rings. The van der Waals surface area contributed by atoms with Crippen molar-refractivity contribution < 1.29 is 9.90 Å². The molecular formula is C10H8ClN3O2. The number of carboxylic acids is 1. The van der Waals surface area contributed by atoms with Crippen LogP contribution >= 0.6 is 11.6 Å². The SMILES string of the molecule is O=C(O)Cc1cnn(-c2cc(Cl)ccn2)c1. The van der Waals surface area contributed by atoms with Crippen LogP contribution in [0, 0.1) is 0 Å². The van der Waals surface area contributed by atoms with E-state index in [2.05, 4.69) is 10.1 Å². The van der Waals surface area contributed by atoms with E-state index < -0.39 is 5.97 Å². The van der Waals surface area contributed by atoms with Gasteiger partial charge in [-0.15, -0.1) is 0 Å². The zero-order valence-electron chi connectivity index (χ0n) is 8.17. The molecule has 2 heterocycles. The summed E-state index contributed by atoms with van der Waals surface area (Å²) in [4.78, 5) is 14.6. The van der Waals surface area contributed by atoms with Crippen LogP contribution in [0.4, 0.5) is 0 Å². The van der Waals surface area contributed by atoms with Crippen molar-refractivity contribution in [2.24, 2.45) is 0 Å². The molecule has 0 bridgehead atoms. The first-order chi connectivity index (χ1) is 7.65. The van der Waals surface area contributed by atoms with Gasteiger partial charge in [0.2, 0.25) is 0 Å². The Balaban J connectivity index is 2.28. The van der Waals surface area contributed by atoms with E-state index in [1.165, 1.54) is 10.9 Å². The summed E-state index contributed by atoms with van der Waals surface area (Å²) in [6.07, 6.45) is 4.63. The Kier molecular flexibility index (Phi) is 2.87. The maximum Gasteiger partial charge on any atom is 0.307 e. The van der Waals surface area contributed by atoms with Gasteiger partial charge in [-0.2, -0.15) is 5.10 Å². The average molecular weight is 238 g/mol. The number of pyridine rings is 1. The number of aromatic nitrogens is 3. The van der Waals surface area contributed by atoms with E-state index in [9.17, 15) is 4.79 Å². The summed E-state index contributed by atoms with van der Waals surface area (Å²) in [6, 6.07) is 3.31. The van der Waals surface area contributed by atoms with Gasteiger partial charge in [0.05, 0.1) is 12.6 Å². The maximum absolute atomic E-state index is 10.5. The van der Waals surface area contributed by atoms with Crippen molar-refractivity contribution in [2.75, 3.05) is 0 Å². The molecule has 82 valence electrons. The molecule has 0 atom stereocenters. The minimum atomic E-state index is -0.890. The van der Waals surface area contributed by atoms with Crippen LogP contribution in [0.2, 0.25) is 5.02 Å². The molecule has 0 radical (unpaired) electrons. The van der Waals surface area contributed by atoms with Gasteiger partial charge in [-0.3, -0.25) is 4.79 Å². The van der Waals surface area contributed by atoms with E-state index in [-0.39, 0.29) is 6.42 Å². The molecule has 5 nitrogen and oxygen atoms in total. The zero-order valence-corrected chi connectivity index (χ0v) is 8.92. The fourth-order valence-corrected chi connectivity index (χ4v) is 1.42. The highest BCUT2D eigenvalue weighted by molar-refractivity contribution is 6.30. The molecule has 0 aliphatic heterocycles. The van der Waals surface area contributed by atoms with Gasteiger partial charge in [-0.25, -0.2) is 9.67 Å². The standard InChI is InChI=1S/C10H8ClN3O2/c11-8-1-2-12-9(4-8)14-6-7(5-13-14)3-10(15)16/h1-2,4-6H,3H2,(H,15,16). The highest BCUT2D eigenvalue weighted by Crippen LogP contribution is 2.12. The lowest BCUT2D eigenvalue weighted by atomic mass is 10.3. The Morgan fingerprint density at radius 1 is 1.56 bits per heavy atom. The second-order valence-corrected chi connectivity index (χ2v) is 3.63. The first kappa shape index (κ1) is 10.6. The highest BCUT2D eigenvalue weighted by atomic mass is 35.5. The molecule has 0 saturated carbocycles. The summed E-state index contributed by atoms with van der Waals surface area (Å²) in [7, 11) is 0. The minimum Gasteiger partial charge on any atom is -0.481 e. The fourth-order valence-electron chi connectivity index (χ4n) is 1.27. The normalized spacial score (nSPS) is 10.3. The van der Waals surface area contributed by atoms with E-state index >= 15 is 0 Å². The van der Waals surface area contributed by atoms with Crippen molar-refractivity contribution >= 4 is 17.6 Å². The molecular weight excluding hydrogens is 230 g/mol. The summed E-state index contributed by atoms with van der Waals surface area (Å²) < 4.78 is 1.49. The van der Waals surface area contributed by atoms with Crippen molar-refractivity contribution in [2.45, 2.75) is 6.42 Å². The van der Waals surface area contributed by atoms with Crippen LogP contribution in [-0.4, -0.2) is 25.8 Å². The molecule has 2 rings (SSSR count). The second-order valence-electron chi connectivity index (χ2n) is 3.20. The van der Waals surface area contributed by atoms with Crippen molar-refractivity contribution in [1.82, 2.24) is 14.8 Å². The first-order valence-corrected chi connectivity index (χ1v) is 4.90. The van der Waals surface area contributed by atoms with Gasteiger partial charge in [-0.1, -0.05) is 11.6 Å². The number of hydrogen-bond donors (Lipinski definition) is 1. The molecule has 1 N–H and O–H groups in total. The Hall–Kier alpha value is -1.88. The monoisotopic (exact) mass is 237 g/mol. The van der Waals surface area contributed by atoms with Crippen LogP contribution in [0.15, 0.2) is 30.7 Å². The van der Waals surface area contributed by atoms with Crippen molar-refractivity contribution in [3.8, 4) is 5.82 Å². The number of nitrogens with zero attached hydrogens (tertiary/aromatic N) is 3. The average Bonchev–Trinajstić information content (AvgIpc) is 2.65. The number of rotatable bonds is 3. The molecule has 0 aliphatic carbocycles. The number of carbonyl (C=O) groups is 1. The highest BCUT2D eigenvalue weighted by Gasteiger charge is 2.05. The minimum absolute atomic E-state index is 0.0550. The summed E-state index contributed by atoms with van der Waals surface area (Å²) in [5.41, 5.74) is 0.620. The molecule has 0 saturated heterocycles. The van der Waals surface area contributed by atoms with Gasteiger partial charge < -0.3 is 5.11 Å². The third-order valence-electron chi connectivity index (χ3n) is 1.93. The summed E-state index contributed by atoms with van der Waals surface area (Å²) in [6.45, 7) is 0. The van der Waals surface area contributed by atoms with Gasteiger partial charge in [0.15, 0.2) is 5.82 Å². The van der Waals surface area contributed by atoms with E-state index in [0.717, 1.165) is 0 Å². The Labute approximate surface area is 96.3 Å². The topological polar surface area (TPSA) is 68.0 Å². The second kappa shape index (κ2) is 4.32. The molecule has 2 aromatic rings. The van der Waals surface area contributed by atoms with E-state index in [0.29, 0.717) is 16.4 Å². The number of aliphatic carboxylic acids is 1. The Morgan fingerprint density at radius 2 is 2.38 bits per heavy atom. The molecule has 0 aromatic carbocycles. The third kappa shape index (κ3) is 2.38. The first-order valence-electron chi connectivity index (χ1n) is 4.52. The van der Waals surface area contributed by atoms with Crippen molar-refractivity contribution in [3.05, 3.63) is 41.3 Å². The molecule has 0 spiro atoms. The van der Waals surface area contributed by atoms with Gasteiger partial charge >= 0.3 is 5.97 Å². The summed E-state index contributed by atoms with van der Waals surface area (Å²) in [5, 5.41) is 13.2.